The first-order valence-electron chi connectivity index (χ1n) is 12.3. The van der Waals surface area contributed by atoms with E-state index in [4.69, 9.17) is 0 Å². The third-order valence-corrected chi connectivity index (χ3v) is 8.94. The Kier molecular flexibility index (Phi) is 7.56. The van der Waals surface area contributed by atoms with Gasteiger partial charge in [-0.15, -0.1) is 0 Å². The molecule has 1 aromatic rings. The Hall–Kier alpha value is -2.01. The van der Waals surface area contributed by atoms with Gasteiger partial charge in [-0.05, 0) is 30.6 Å². The van der Waals surface area contributed by atoms with Crippen LogP contribution in [0.1, 0.15) is 33.6 Å². The molecule has 4 aliphatic heterocycles. The van der Waals surface area contributed by atoms with Gasteiger partial charge in [-0.25, -0.2) is 6.07 Å². The van der Waals surface area contributed by atoms with Gasteiger partial charge in [-0.3, -0.25) is 58.0 Å². The minimum absolute atomic E-state index is 0. The van der Waals surface area contributed by atoms with Crippen LogP contribution in [0.3, 0.4) is 0 Å². The van der Waals surface area contributed by atoms with E-state index in [9.17, 15) is 38.4 Å². The number of benzene rings is 1. The third kappa shape index (κ3) is 3.27. The van der Waals surface area contributed by atoms with Crippen LogP contribution in [0.4, 0.5) is 11.4 Å². The maximum Gasteiger partial charge on any atom is 0.285 e. The van der Waals surface area contributed by atoms with E-state index < -0.39 is 64.1 Å². The molecule has 1 saturated carbocycles. The van der Waals surface area contributed by atoms with Gasteiger partial charge in [0.05, 0.1) is 0 Å². The second-order valence-electron chi connectivity index (χ2n) is 10.9. The van der Waals surface area contributed by atoms with E-state index in [-0.39, 0.29) is 88.6 Å². The van der Waals surface area contributed by atoms with Crippen molar-refractivity contribution in [1.29, 1.82) is 0 Å². The molecule has 2 spiro atoms. The summed E-state index contributed by atoms with van der Waals surface area (Å²) in [6.45, 7) is 6.09. The number of anilines is 2. The van der Waals surface area contributed by atoms with Crippen LogP contribution < -0.4 is 9.80 Å². The van der Waals surface area contributed by atoms with Crippen molar-refractivity contribution in [3.63, 3.8) is 0 Å². The topological polar surface area (TPSA) is 150 Å². The molecule has 2 radical (unpaired) electrons. The SMILES string of the molecule is CC1CC(C)C(N2C(=O)C3(C(=O)N(c4[c-]c[c-]c(N5C(=O)C6(C(=O)N(C)C6=O)C5=O)c4)C3=O)C2=O)CC1C.[Y].[Y]. The molecular weight excluding hydrogens is 674 g/mol. The molecule has 4 heterocycles. The van der Waals surface area contributed by atoms with Gasteiger partial charge in [0, 0.05) is 78.5 Å². The molecule has 1 aliphatic carbocycles. The first-order chi connectivity index (χ1) is 17.8. The summed E-state index contributed by atoms with van der Waals surface area (Å²) in [7, 11) is 1.15. The van der Waals surface area contributed by atoms with Crippen LogP contribution in [0.5, 0.6) is 0 Å². The maximum absolute atomic E-state index is 13.2. The van der Waals surface area contributed by atoms with E-state index in [0.717, 1.165) is 30.5 Å². The largest absolute Gasteiger partial charge is 0.334 e. The van der Waals surface area contributed by atoms with Gasteiger partial charge >= 0.3 is 0 Å². The summed E-state index contributed by atoms with van der Waals surface area (Å²) in [6, 6.07) is 6.94. The van der Waals surface area contributed by atoms with Gasteiger partial charge < -0.3 is 18.2 Å². The summed E-state index contributed by atoms with van der Waals surface area (Å²) in [4.78, 5) is 105. The van der Waals surface area contributed by atoms with Crippen LogP contribution in [0, 0.1) is 40.7 Å². The zero-order valence-electron chi connectivity index (χ0n) is 22.1. The molecule has 14 heteroatoms. The normalized spacial score (nSPS) is 30.0. The number of carbonyl (C=O) groups excluding carboxylic acids is 8. The molecule has 1 aromatic carbocycles. The molecule has 5 aliphatic rings. The molecule has 40 heavy (non-hydrogen) atoms. The van der Waals surface area contributed by atoms with Gasteiger partial charge in [0.1, 0.15) is 0 Å². The Morgan fingerprint density at radius 2 is 1.02 bits per heavy atom. The summed E-state index contributed by atoms with van der Waals surface area (Å²) in [6.07, 6.45) is 1.40. The average Bonchev–Trinajstić information content (AvgIpc) is 2.88. The van der Waals surface area contributed by atoms with Crippen molar-refractivity contribution in [1.82, 2.24) is 9.80 Å². The van der Waals surface area contributed by atoms with Crippen LogP contribution in [0.25, 0.3) is 0 Å². The Morgan fingerprint density at radius 3 is 1.48 bits per heavy atom. The van der Waals surface area contributed by atoms with E-state index >= 15 is 0 Å². The molecule has 4 saturated heterocycles. The molecule has 6 rings (SSSR count). The smallest absolute Gasteiger partial charge is 0.285 e. The van der Waals surface area contributed by atoms with Crippen molar-refractivity contribution in [3.05, 3.63) is 24.3 Å². The summed E-state index contributed by atoms with van der Waals surface area (Å²) in [5, 5.41) is 0. The monoisotopic (exact) mass is 696 g/mol. The summed E-state index contributed by atoms with van der Waals surface area (Å²) in [5.41, 5.74) is -5.24. The van der Waals surface area contributed by atoms with Gasteiger partial charge in [0.15, 0.2) is 0 Å². The molecule has 4 unspecified atom stereocenters. The molecule has 5 fully saturated rings. The number of imide groups is 4. The fraction of sp³-hybridized carbons (Fsp3) is 0.462. The molecule has 12 nitrogen and oxygen atoms in total. The van der Waals surface area contributed by atoms with Crippen LogP contribution >= 0.6 is 0 Å². The predicted molar refractivity (Wildman–Crippen MR) is 124 cm³/mol. The number of hydrogen-bond acceptors (Lipinski definition) is 8. The number of amides is 8. The van der Waals surface area contributed by atoms with Crippen molar-refractivity contribution < 1.29 is 104 Å². The Balaban J connectivity index is 0.00000185. The van der Waals surface area contributed by atoms with Crippen LogP contribution in [-0.4, -0.2) is 70.1 Å². The van der Waals surface area contributed by atoms with Crippen LogP contribution in [0.2, 0.25) is 0 Å². The van der Waals surface area contributed by atoms with Gasteiger partial charge in [-0.1, -0.05) is 20.8 Å². The van der Waals surface area contributed by atoms with Crippen molar-refractivity contribution in [3.8, 4) is 0 Å². The van der Waals surface area contributed by atoms with Crippen molar-refractivity contribution in [2.45, 2.75) is 39.7 Å². The number of β-lactam (4-membered cyclic amide) rings is 8. The average molecular weight is 696 g/mol. The predicted octanol–water partition coefficient (Wildman–Crippen LogP) is -0.561. The molecule has 202 valence electrons. The molecular formula is C26H22N4O8Y2-2. The standard InChI is InChI=1S/C26H22N4O8.2Y/c1-11-8-13(3)16(9-12(11)2)30-23(37)26(24(30)38)21(35)29(22(26)36)15-7-5-6-14(10-15)28-19(33)25(20(28)34)17(31)27(4)18(25)32;;/h5,10-13,16H,8-9H2,1-4H3;;/q-2;;. The van der Waals surface area contributed by atoms with Crippen molar-refractivity contribution >= 4 is 58.6 Å². The van der Waals surface area contributed by atoms with Crippen molar-refractivity contribution in [2.24, 2.45) is 28.6 Å². The van der Waals surface area contributed by atoms with Gasteiger partial charge in [-0.2, -0.15) is 11.4 Å². The maximum atomic E-state index is 13.2. The number of hydrogen-bond donors (Lipinski definition) is 0. The van der Waals surface area contributed by atoms with Crippen LogP contribution in [-0.2, 0) is 104 Å². The Labute approximate surface area is 279 Å². The number of likely N-dealkylation sites (tertiary alicyclic amines) is 2. The summed E-state index contributed by atoms with van der Waals surface area (Å²) in [5.74, 6) is -7.02. The Morgan fingerprint density at radius 1 is 0.625 bits per heavy atom. The summed E-state index contributed by atoms with van der Waals surface area (Å²) >= 11 is 0. The second kappa shape index (κ2) is 9.78. The minimum atomic E-state index is -2.42. The fourth-order valence-electron chi connectivity index (χ4n) is 6.37. The zero-order valence-corrected chi connectivity index (χ0v) is 27.8. The second-order valence-corrected chi connectivity index (χ2v) is 10.9. The molecule has 8 amide bonds. The van der Waals surface area contributed by atoms with E-state index in [1.807, 2.05) is 13.8 Å². The minimum Gasteiger partial charge on any atom is -0.334 e. The Bertz CT molecular complexity index is 1390. The zero-order chi connectivity index (χ0) is 27.6. The molecule has 0 N–H and O–H groups in total. The third-order valence-electron chi connectivity index (χ3n) is 8.94. The quantitative estimate of drug-likeness (QED) is 0.232. The van der Waals surface area contributed by atoms with E-state index in [1.54, 1.807) is 0 Å². The van der Waals surface area contributed by atoms with E-state index in [1.165, 1.54) is 0 Å². The fourth-order valence-corrected chi connectivity index (χ4v) is 6.37. The van der Waals surface area contributed by atoms with Crippen molar-refractivity contribution in [2.75, 3.05) is 16.8 Å². The van der Waals surface area contributed by atoms with Crippen LogP contribution in [0.15, 0.2) is 12.1 Å². The van der Waals surface area contributed by atoms with Gasteiger partial charge in [0.2, 0.25) is 0 Å². The molecule has 4 atom stereocenters. The number of nitrogens with zero attached hydrogens (tertiary/aromatic N) is 4. The summed E-state index contributed by atoms with van der Waals surface area (Å²) < 4.78 is 0. The van der Waals surface area contributed by atoms with E-state index in [0.29, 0.717) is 27.0 Å². The first-order valence-corrected chi connectivity index (χ1v) is 12.3. The van der Waals surface area contributed by atoms with Gasteiger partial charge in [0.25, 0.3) is 58.1 Å². The molecule has 0 aromatic heterocycles. The number of rotatable bonds is 3. The molecule has 0 bridgehead atoms. The number of carbonyl (C=O) groups is 8. The van der Waals surface area contributed by atoms with E-state index in [2.05, 4.69) is 19.1 Å². The first kappa shape index (κ1) is 30.9.